The van der Waals surface area contributed by atoms with Crippen molar-refractivity contribution < 1.29 is 18.7 Å². The summed E-state index contributed by atoms with van der Waals surface area (Å²) in [6, 6.07) is 8.10. The quantitative estimate of drug-likeness (QED) is 0.772. The lowest BCUT2D eigenvalue weighted by Crippen LogP contribution is -2.29. The second-order valence-electron chi connectivity index (χ2n) is 6.73. The molecule has 3 atom stereocenters. The first-order valence-electron chi connectivity index (χ1n) is 8.21. The van der Waals surface area contributed by atoms with Crippen molar-refractivity contribution in [2.45, 2.75) is 25.3 Å². The van der Waals surface area contributed by atoms with E-state index in [0.29, 0.717) is 5.56 Å². The summed E-state index contributed by atoms with van der Waals surface area (Å²) in [7, 11) is 0. The van der Waals surface area contributed by atoms with Crippen LogP contribution in [0.1, 0.15) is 45.4 Å². The van der Waals surface area contributed by atoms with E-state index in [1.165, 1.54) is 11.1 Å². The Bertz CT molecular complexity index is 884. The van der Waals surface area contributed by atoms with Gasteiger partial charge in [0.25, 0.3) is 0 Å². The number of benzene rings is 2. The lowest BCUT2D eigenvalue weighted by molar-refractivity contribution is 0.0686. The fourth-order valence-corrected chi connectivity index (χ4v) is 4.02. The molecule has 0 unspecified atom stereocenters. The molecule has 0 amide bonds. The predicted octanol–water partition coefficient (Wildman–Crippen LogP) is 4.80. The molecule has 2 N–H and O–H groups in total. The standard InChI is InChI=1S/C20H17F2NO2/c1-10-5-6-17-14(7-10)12-3-2-4-13(12)19(23-17)11-8-15(21)18(20(24)25)16(22)9-11/h2,4-9,12-13,19,23H,3H2,1H3,(H,24,25)/t12-,13+,19+/m1/s1. The van der Waals surface area contributed by atoms with E-state index in [9.17, 15) is 13.6 Å². The molecule has 0 bridgehead atoms. The molecule has 1 aliphatic heterocycles. The molecule has 5 heteroatoms. The molecule has 0 radical (unpaired) electrons. The molecule has 2 aromatic rings. The first-order valence-corrected chi connectivity index (χ1v) is 8.21. The van der Waals surface area contributed by atoms with E-state index in [4.69, 9.17) is 5.11 Å². The molecule has 2 aliphatic rings. The Kier molecular flexibility index (Phi) is 3.60. The van der Waals surface area contributed by atoms with Gasteiger partial charge in [0.1, 0.15) is 17.2 Å². The van der Waals surface area contributed by atoms with Crippen LogP contribution in [0.5, 0.6) is 0 Å². The van der Waals surface area contributed by atoms with Gasteiger partial charge in [0, 0.05) is 11.6 Å². The van der Waals surface area contributed by atoms with Crippen molar-refractivity contribution in [2.75, 3.05) is 5.32 Å². The van der Waals surface area contributed by atoms with E-state index in [-0.39, 0.29) is 17.9 Å². The van der Waals surface area contributed by atoms with Gasteiger partial charge in [0.15, 0.2) is 0 Å². The predicted molar refractivity (Wildman–Crippen MR) is 90.8 cm³/mol. The summed E-state index contributed by atoms with van der Waals surface area (Å²) < 4.78 is 28.3. The molecule has 0 saturated carbocycles. The van der Waals surface area contributed by atoms with Gasteiger partial charge in [-0.2, -0.15) is 0 Å². The smallest absolute Gasteiger partial charge is 0.341 e. The number of nitrogens with one attached hydrogen (secondary N) is 1. The number of carboxylic acid groups (broad SMARTS) is 1. The second-order valence-corrected chi connectivity index (χ2v) is 6.73. The molecule has 1 aliphatic carbocycles. The van der Waals surface area contributed by atoms with Crippen LogP contribution < -0.4 is 5.32 Å². The van der Waals surface area contributed by atoms with Crippen molar-refractivity contribution in [1.29, 1.82) is 0 Å². The number of hydrogen-bond donors (Lipinski definition) is 2. The zero-order chi connectivity index (χ0) is 17.7. The summed E-state index contributed by atoms with van der Waals surface area (Å²) in [5.41, 5.74) is 2.87. The van der Waals surface area contributed by atoms with Gasteiger partial charge in [0.2, 0.25) is 0 Å². The van der Waals surface area contributed by atoms with Gasteiger partial charge in [-0.15, -0.1) is 0 Å². The molecule has 4 rings (SSSR count). The minimum absolute atomic E-state index is 0.0729. The molecule has 3 nitrogen and oxygen atoms in total. The van der Waals surface area contributed by atoms with Crippen molar-refractivity contribution in [3.63, 3.8) is 0 Å². The molecule has 25 heavy (non-hydrogen) atoms. The third-order valence-electron chi connectivity index (χ3n) is 5.15. The molecule has 128 valence electrons. The topological polar surface area (TPSA) is 49.3 Å². The Balaban J connectivity index is 1.80. The number of fused-ring (bicyclic) bond motifs is 3. The molecule has 2 aromatic carbocycles. The van der Waals surface area contributed by atoms with Gasteiger partial charge in [-0.25, -0.2) is 13.6 Å². The fourth-order valence-electron chi connectivity index (χ4n) is 4.02. The Morgan fingerprint density at radius 3 is 2.60 bits per heavy atom. The molecule has 1 heterocycles. The monoisotopic (exact) mass is 341 g/mol. The van der Waals surface area contributed by atoms with Crippen LogP contribution in [0.2, 0.25) is 0 Å². The lowest BCUT2D eigenvalue weighted by Gasteiger charge is -2.37. The number of halogens is 2. The maximum absolute atomic E-state index is 14.1. The van der Waals surface area contributed by atoms with E-state index in [1.54, 1.807) is 0 Å². The number of allylic oxidation sites excluding steroid dienone is 1. The molecular formula is C20H17F2NO2. The highest BCUT2D eigenvalue weighted by molar-refractivity contribution is 5.88. The van der Waals surface area contributed by atoms with Gasteiger partial charge in [-0.3, -0.25) is 0 Å². The van der Waals surface area contributed by atoms with Crippen molar-refractivity contribution in [3.05, 3.63) is 76.4 Å². The van der Waals surface area contributed by atoms with Crippen LogP contribution >= 0.6 is 0 Å². The van der Waals surface area contributed by atoms with Crippen molar-refractivity contribution in [2.24, 2.45) is 5.92 Å². The lowest BCUT2D eigenvalue weighted by atomic mass is 9.76. The summed E-state index contributed by atoms with van der Waals surface area (Å²) in [6.07, 6.45) is 5.06. The van der Waals surface area contributed by atoms with Crippen LogP contribution in [0.3, 0.4) is 0 Å². The Morgan fingerprint density at radius 1 is 1.20 bits per heavy atom. The first-order chi connectivity index (χ1) is 12.0. The Hall–Kier alpha value is -2.69. The highest BCUT2D eigenvalue weighted by Crippen LogP contribution is 2.50. The second kappa shape index (κ2) is 5.69. The van der Waals surface area contributed by atoms with Crippen molar-refractivity contribution in [3.8, 4) is 0 Å². The maximum Gasteiger partial charge on any atom is 0.341 e. The van der Waals surface area contributed by atoms with Crippen LogP contribution in [-0.4, -0.2) is 11.1 Å². The van der Waals surface area contributed by atoms with Gasteiger partial charge in [0.05, 0.1) is 6.04 Å². The highest BCUT2D eigenvalue weighted by Gasteiger charge is 2.38. The highest BCUT2D eigenvalue weighted by atomic mass is 19.1. The van der Waals surface area contributed by atoms with Gasteiger partial charge in [-0.1, -0.05) is 29.8 Å². The summed E-state index contributed by atoms with van der Waals surface area (Å²) in [5.74, 6) is -3.36. The third kappa shape index (κ3) is 2.51. The average Bonchev–Trinajstić information content (AvgIpc) is 3.03. The number of aryl methyl sites for hydroxylation is 1. The summed E-state index contributed by atoms with van der Waals surface area (Å²) >= 11 is 0. The van der Waals surface area contributed by atoms with Crippen LogP contribution in [0.4, 0.5) is 14.5 Å². The van der Waals surface area contributed by atoms with E-state index in [0.717, 1.165) is 24.2 Å². The number of rotatable bonds is 2. The van der Waals surface area contributed by atoms with Crippen LogP contribution in [0.25, 0.3) is 0 Å². The van der Waals surface area contributed by atoms with E-state index >= 15 is 0 Å². The largest absolute Gasteiger partial charge is 0.477 e. The van der Waals surface area contributed by atoms with Crippen molar-refractivity contribution in [1.82, 2.24) is 0 Å². The van der Waals surface area contributed by atoms with Gasteiger partial charge in [-0.05, 0) is 48.6 Å². The minimum atomic E-state index is -1.60. The van der Waals surface area contributed by atoms with Crippen LogP contribution in [0, 0.1) is 24.5 Å². The molecule has 0 aromatic heterocycles. The number of carboxylic acids is 1. The number of anilines is 1. The van der Waals surface area contributed by atoms with Crippen LogP contribution in [-0.2, 0) is 0 Å². The van der Waals surface area contributed by atoms with Crippen LogP contribution in [0.15, 0.2) is 42.5 Å². The number of hydrogen-bond acceptors (Lipinski definition) is 2. The maximum atomic E-state index is 14.1. The molecule has 0 saturated heterocycles. The third-order valence-corrected chi connectivity index (χ3v) is 5.15. The molecule has 0 fully saturated rings. The summed E-state index contributed by atoms with van der Waals surface area (Å²) in [6.45, 7) is 2.04. The van der Waals surface area contributed by atoms with E-state index in [1.807, 2.05) is 19.1 Å². The van der Waals surface area contributed by atoms with Crippen molar-refractivity contribution >= 4 is 11.7 Å². The van der Waals surface area contributed by atoms with E-state index < -0.39 is 23.2 Å². The number of carbonyl (C=O) groups is 1. The van der Waals surface area contributed by atoms with Gasteiger partial charge < -0.3 is 10.4 Å². The Labute approximate surface area is 144 Å². The normalized spacial score (nSPS) is 23.7. The Morgan fingerprint density at radius 2 is 1.92 bits per heavy atom. The number of aromatic carboxylic acids is 1. The average molecular weight is 341 g/mol. The summed E-state index contributed by atoms with van der Waals surface area (Å²) in [5, 5.41) is 12.3. The first kappa shape index (κ1) is 15.8. The minimum Gasteiger partial charge on any atom is -0.477 e. The van der Waals surface area contributed by atoms with E-state index in [2.05, 4.69) is 23.5 Å². The fraction of sp³-hybridized carbons (Fsp3) is 0.250. The summed E-state index contributed by atoms with van der Waals surface area (Å²) in [4.78, 5) is 11.0. The zero-order valence-electron chi connectivity index (χ0n) is 13.6. The van der Waals surface area contributed by atoms with Gasteiger partial charge >= 0.3 is 5.97 Å². The SMILES string of the molecule is Cc1ccc2c(c1)[C@@H]1CC=C[C@@H]1[C@H](c1cc(F)c(C(=O)O)c(F)c1)N2. The molecule has 0 spiro atoms. The zero-order valence-corrected chi connectivity index (χ0v) is 13.6. The molecular weight excluding hydrogens is 324 g/mol.